The summed E-state index contributed by atoms with van der Waals surface area (Å²) < 4.78 is 4.23. The Morgan fingerprint density at radius 3 is 1.77 bits per heavy atom. The minimum Gasteiger partial charge on any atom is -0.506 e. The summed E-state index contributed by atoms with van der Waals surface area (Å²) in [5.41, 5.74) is 5.10. The molecule has 0 saturated carbocycles. The van der Waals surface area contributed by atoms with Crippen molar-refractivity contribution in [3.63, 3.8) is 0 Å². The van der Waals surface area contributed by atoms with Crippen LogP contribution in [-0.2, 0) is 0 Å². The third kappa shape index (κ3) is 2.07. The Kier molecular flexibility index (Phi) is 3.16. The molecule has 0 spiro atoms. The second-order valence-electron chi connectivity index (χ2n) is 6.59. The molecular weight excluding hydrogens is 320 g/mol. The molecule has 26 heavy (non-hydrogen) atoms. The van der Waals surface area contributed by atoms with Crippen LogP contribution in [-0.4, -0.2) is 14.2 Å². The summed E-state index contributed by atoms with van der Waals surface area (Å²) in [6.07, 6.45) is 4.09. The molecule has 0 aliphatic heterocycles. The first-order valence-corrected chi connectivity index (χ1v) is 8.69. The van der Waals surface area contributed by atoms with Crippen molar-refractivity contribution in [3.05, 3.63) is 90.8 Å². The quantitative estimate of drug-likeness (QED) is 0.447. The van der Waals surface area contributed by atoms with Crippen LogP contribution in [0, 0.1) is 6.92 Å². The van der Waals surface area contributed by atoms with Crippen molar-refractivity contribution in [3.8, 4) is 17.1 Å². The van der Waals surface area contributed by atoms with E-state index in [-0.39, 0.29) is 5.75 Å². The molecule has 0 aliphatic carbocycles. The smallest absolute Gasteiger partial charge is 0.141 e. The molecule has 5 rings (SSSR count). The molecule has 0 fully saturated rings. The van der Waals surface area contributed by atoms with Gasteiger partial charge in [-0.15, -0.1) is 0 Å². The minimum absolute atomic E-state index is 0.268. The maximum Gasteiger partial charge on any atom is 0.141 e. The first-order valence-electron chi connectivity index (χ1n) is 8.69. The van der Waals surface area contributed by atoms with Crippen LogP contribution >= 0.6 is 0 Å². The van der Waals surface area contributed by atoms with Crippen LogP contribution < -0.4 is 0 Å². The SMILES string of the molecule is Cc1ccc(O)c(-n2ccc3ccccc32)c1-n1ccc2ccccc21. The van der Waals surface area contributed by atoms with E-state index in [1.165, 1.54) is 5.39 Å². The number of hydrogen-bond donors (Lipinski definition) is 1. The molecule has 0 aliphatic rings. The van der Waals surface area contributed by atoms with Gasteiger partial charge in [-0.1, -0.05) is 42.5 Å². The largest absolute Gasteiger partial charge is 0.506 e. The third-order valence-corrected chi connectivity index (χ3v) is 5.01. The average Bonchev–Trinajstić information content (AvgIpc) is 3.28. The van der Waals surface area contributed by atoms with Gasteiger partial charge in [0.2, 0.25) is 0 Å². The first kappa shape index (κ1) is 14.8. The number of phenols is 1. The van der Waals surface area contributed by atoms with Crippen molar-refractivity contribution in [2.24, 2.45) is 0 Å². The highest BCUT2D eigenvalue weighted by molar-refractivity contribution is 5.86. The highest BCUT2D eigenvalue weighted by atomic mass is 16.3. The minimum atomic E-state index is 0.268. The van der Waals surface area contributed by atoms with E-state index in [2.05, 4.69) is 58.7 Å². The van der Waals surface area contributed by atoms with E-state index >= 15 is 0 Å². The molecule has 2 aromatic heterocycles. The lowest BCUT2D eigenvalue weighted by atomic mass is 10.1. The predicted octanol–water partition coefficient (Wildman–Crippen LogP) is 5.59. The average molecular weight is 338 g/mol. The Bertz CT molecular complexity index is 1160. The van der Waals surface area contributed by atoms with Crippen molar-refractivity contribution in [1.29, 1.82) is 0 Å². The molecule has 0 atom stereocenters. The zero-order chi connectivity index (χ0) is 17.7. The summed E-state index contributed by atoms with van der Waals surface area (Å²) in [5, 5.41) is 13.1. The highest BCUT2D eigenvalue weighted by Crippen LogP contribution is 2.36. The zero-order valence-corrected chi connectivity index (χ0v) is 14.4. The fourth-order valence-corrected chi connectivity index (χ4v) is 3.77. The Balaban J connectivity index is 1.89. The summed E-state index contributed by atoms with van der Waals surface area (Å²) in [6, 6.07) is 24.4. The van der Waals surface area contributed by atoms with Crippen LogP contribution in [0.15, 0.2) is 85.2 Å². The van der Waals surface area contributed by atoms with E-state index in [0.29, 0.717) is 0 Å². The Morgan fingerprint density at radius 1 is 0.615 bits per heavy atom. The maximum atomic E-state index is 10.8. The monoisotopic (exact) mass is 338 g/mol. The fraction of sp³-hybridized carbons (Fsp3) is 0.0435. The molecule has 3 aromatic carbocycles. The Labute approximate surface area is 151 Å². The van der Waals surface area contributed by atoms with Gasteiger partial charge in [0.15, 0.2) is 0 Å². The lowest BCUT2D eigenvalue weighted by Gasteiger charge is -2.18. The molecule has 2 heterocycles. The van der Waals surface area contributed by atoms with Gasteiger partial charge in [0.05, 0.1) is 16.7 Å². The van der Waals surface area contributed by atoms with Gasteiger partial charge in [0.25, 0.3) is 0 Å². The van der Waals surface area contributed by atoms with Gasteiger partial charge in [-0.05, 0) is 53.6 Å². The van der Waals surface area contributed by atoms with E-state index < -0.39 is 0 Å². The van der Waals surface area contributed by atoms with Crippen LogP contribution in [0.2, 0.25) is 0 Å². The van der Waals surface area contributed by atoms with Gasteiger partial charge in [-0.3, -0.25) is 0 Å². The van der Waals surface area contributed by atoms with E-state index in [9.17, 15) is 5.11 Å². The molecule has 0 bridgehead atoms. The number of nitrogens with zero attached hydrogens (tertiary/aromatic N) is 2. The van der Waals surface area contributed by atoms with E-state index in [4.69, 9.17) is 0 Å². The standard InChI is InChI=1S/C23H18N2O/c1-16-10-11-21(26)23(25-15-13-18-7-3-5-9-20(18)25)22(16)24-14-12-17-6-2-4-8-19(17)24/h2-15,26H,1H3. The summed E-state index contributed by atoms with van der Waals surface area (Å²) in [4.78, 5) is 0. The number of benzene rings is 3. The van der Waals surface area contributed by atoms with Gasteiger partial charge < -0.3 is 14.2 Å². The number of aromatic hydroxyl groups is 1. The number of aryl methyl sites for hydroxylation is 1. The highest BCUT2D eigenvalue weighted by Gasteiger charge is 2.17. The number of hydrogen-bond acceptors (Lipinski definition) is 1. The van der Waals surface area contributed by atoms with Crippen LogP contribution in [0.4, 0.5) is 0 Å². The zero-order valence-electron chi connectivity index (χ0n) is 14.4. The molecule has 3 heteroatoms. The molecule has 0 amide bonds. The molecule has 0 radical (unpaired) electrons. The lowest BCUT2D eigenvalue weighted by Crippen LogP contribution is -2.04. The van der Waals surface area contributed by atoms with E-state index in [1.807, 2.05) is 36.5 Å². The van der Waals surface area contributed by atoms with Crippen LogP contribution in [0.25, 0.3) is 33.2 Å². The van der Waals surface area contributed by atoms with Gasteiger partial charge >= 0.3 is 0 Å². The fourth-order valence-electron chi connectivity index (χ4n) is 3.77. The van der Waals surface area contributed by atoms with E-state index in [0.717, 1.165) is 33.4 Å². The van der Waals surface area contributed by atoms with Crippen molar-refractivity contribution in [2.45, 2.75) is 6.92 Å². The third-order valence-electron chi connectivity index (χ3n) is 5.01. The number of rotatable bonds is 2. The second-order valence-corrected chi connectivity index (χ2v) is 6.59. The second kappa shape index (κ2) is 5.53. The van der Waals surface area contributed by atoms with Gasteiger partial charge in [-0.2, -0.15) is 0 Å². The molecule has 1 N–H and O–H groups in total. The number of aromatic nitrogens is 2. The Hall–Kier alpha value is -3.46. The van der Waals surface area contributed by atoms with Crippen molar-refractivity contribution < 1.29 is 5.11 Å². The topological polar surface area (TPSA) is 30.1 Å². The number of fused-ring (bicyclic) bond motifs is 2. The first-order chi connectivity index (χ1) is 12.7. The van der Waals surface area contributed by atoms with Crippen LogP contribution in [0.1, 0.15) is 5.56 Å². The Morgan fingerprint density at radius 2 is 1.15 bits per heavy atom. The van der Waals surface area contributed by atoms with Crippen molar-refractivity contribution in [2.75, 3.05) is 0 Å². The molecule has 0 unspecified atom stereocenters. The number of para-hydroxylation sites is 2. The molecule has 5 aromatic rings. The summed E-state index contributed by atoms with van der Waals surface area (Å²) in [5.74, 6) is 0.268. The normalized spacial score (nSPS) is 11.4. The molecular formula is C23H18N2O. The van der Waals surface area contributed by atoms with Crippen molar-refractivity contribution in [1.82, 2.24) is 9.13 Å². The van der Waals surface area contributed by atoms with Gasteiger partial charge in [-0.25, -0.2) is 0 Å². The lowest BCUT2D eigenvalue weighted by molar-refractivity contribution is 0.472. The van der Waals surface area contributed by atoms with Crippen molar-refractivity contribution >= 4 is 21.8 Å². The summed E-state index contributed by atoms with van der Waals surface area (Å²) in [7, 11) is 0. The molecule has 3 nitrogen and oxygen atoms in total. The van der Waals surface area contributed by atoms with Crippen LogP contribution in [0.3, 0.4) is 0 Å². The van der Waals surface area contributed by atoms with Crippen LogP contribution in [0.5, 0.6) is 5.75 Å². The van der Waals surface area contributed by atoms with Gasteiger partial charge in [0.1, 0.15) is 11.4 Å². The summed E-state index contributed by atoms with van der Waals surface area (Å²) >= 11 is 0. The predicted molar refractivity (Wildman–Crippen MR) is 107 cm³/mol. The maximum absolute atomic E-state index is 10.8. The summed E-state index contributed by atoms with van der Waals surface area (Å²) in [6.45, 7) is 2.08. The van der Waals surface area contributed by atoms with E-state index in [1.54, 1.807) is 6.07 Å². The molecule has 126 valence electrons. The number of phenolic OH excluding ortho intramolecular Hbond substituents is 1. The molecule has 0 saturated heterocycles. The van der Waals surface area contributed by atoms with Gasteiger partial charge in [0, 0.05) is 12.4 Å².